The zero-order chi connectivity index (χ0) is 14.4. The van der Waals surface area contributed by atoms with Crippen molar-refractivity contribution < 1.29 is 14.7 Å². The van der Waals surface area contributed by atoms with E-state index in [-0.39, 0.29) is 12.1 Å². The molecule has 0 aromatic rings. The number of amides is 2. The van der Waals surface area contributed by atoms with Crippen LogP contribution in [0.4, 0.5) is 4.79 Å². The Morgan fingerprint density at radius 3 is 2.26 bits per heavy atom. The molecule has 0 bridgehead atoms. The molecule has 5 nitrogen and oxygen atoms in total. The van der Waals surface area contributed by atoms with Gasteiger partial charge in [0.15, 0.2) is 0 Å². The van der Waals surface area contributed by atoms with Gasteiger partial charge < -0.3 is 15.7 Å². The lowest BCUT2D eigenvalue weighted by Gasteiger charge is -2.32. The van der Waals surface area contributed by atoms with Gasteiger partial charge in [-0.15, -0.1) is 0 Å². The van der Waals surface area contributed by atoms with Crippen LogP contribution in [0.1, 0.15) is 52.9 Å². The number of aliphatic carboxylic acids is 1. The molecule has 1 saturated carbocycles. The summed E-state index contributed by atoms with van der Waals surface area (Å²) in [4.78, 5) is 22.8. The second-order valence-electron chi connectivity index (χ2n) is 5.91. The second-order valence-corrected chi connectivity index (χ2v) is 5.91. The van der Waals surface area contributed by atoms with E-state index >= 15 is 0 Å². The molecule has 2 unspecified atom stereocenters. The Morgan fingerprint density at radius 1 is 1.21 bits per heavy atom. The lowest BCUT2D eigenvalue weighted by atomic mass is 9.80. The van der Waals surface area contributed by atoms with Crippen molar-refractivity contribution >= 4 is 12.0 Å². The van der Waals surface area contributed by atoms with Gasteiger partial charge in [0.2, 0.25) is 0 Å². The third-order valence-electron chi connectivity index (χ3n) is 3.69. The minimum atomic E-state index is -0.970. The zero-order valence-corrected chi connectivity index (χ0v) is 12.1. The predicted molar refractivity (Wildman–Crippen MR) is 74.0 cm³/mol. The third-order valence-corrected chi connectivity index (χ3v) is 3.69. The number of hydrogen-bond donors (Lipinski definition) is 3. The monoisotopic (exact) mass is 270 g/mol. The number of nitrogens with one attached hydrogen (secondary N) is 2. The molecule has 0 spiro atoms. The maximum Gasteiger partial charge on any atom is 0.326 e. The number of carboxylic acid groups (broad SMARTS) is 1. The largest absolute Gasteiger partial charge is 0.480 e. The zero-order valence-electron chi connectivity index (χ0n) is 12.1. The average Bonchev–Trinajstić information content (AvgIpc) is 2.26. The summed E-state index contributed by atoms with van der Waals surface area (Å²) in [5, 5.41) is 14.5. The Labute approximate surface area is 115 Å². The van der Waals surface area contributed by atoms with E-state index < -0.39 is 12.0 Å². The number of urea groups is 1. The SMILES string of the molecule is CCC[C@H](NC(=O)NC1CC(C)CC(C)C1)C(=O)O. The molecule has 0 aromatic heterocycles. The first-order valence-electron chi connectivity index (χ1n) is 7.22. The van der Waals surface area contributed by atoms with E-state index in [9.17, 15) is 9.59 Å². The summed E-state index contributed by atoms with van der Waals surface area (Å²) in [5.74, 6) is 0.252. The predicted octanol–water partition coefficient (Wildman–Crippen LogP) is 2.36. The fourth-order valence-electron chi connectivity index (χ4n) is 3.00. The molecular weight excluding hydrogens is 244 g/mol. The number of hydrogen-bond acceptors (Lipinski definition) is 2. The van der Waals surface area contributed by atoms with E-state index in [0.717, 1.165) is 19.3 Å². The van der Waals surface area contributed by atoms with Gasteiger partial charge in [0.1, 0.15) is 6.04 Å². The minimum absolute atomic E-state index is 0.162. The van der Waals surface area contributed by atoms with Crippen LogP contribution in [-0.2, 0) is 4.79 Å². The Hall–Kier alpha value is -1.26. The molecule has 1 aliphatic carbocycles. The van der Waals surface area contributed by atoms with Crippen LogP contribution in [0.3, 0.4) is 0 Å². The second kappa shape index (κ2) is 7.36. The van der Waals surface area contributed by atoms with E-state index in [1.54, 1.807) is 0 Å². The van der Waals surface area contributed by atoms with Crippen LogP contribution >= 0.6 is 0 Å². The highest BCUT2D eigenvalue weighted by Crippen LogP contribution is 2.28. The van der Waals surface area contributed by atoms with Gasteiger partial charge in [-0.2, -0.15) is 0 Å². The Kier molecular flexibility index (Phi) is 6.12. The molecule has 0 saturated heterocycles. The van der Waals surface area contributed by atoms with Crippen LogP contribution in [0.25, 0.3) is 0 Å². The van der Waals surface area contributed by atoms with Crippen molar-refractivity contribution in [2.45, 2.75) is 65.0 Å². The lowest BCUT2D eigenvalue weighted by Crippen LogP contribution is -2.50. The molecule has 0 radical (unpaired) electrons. The summed E-state index contributed by atoms with van der Waals surface area (Å²) in [6.07, 6.45) is 4.34. The van der Waals surface area contributed by atoms with E-state index in [0.29, 0.717) is 18.3 Å². The molecule has 3 atom stereocenters. The summed E-state index contributed by atoms with van der Waals surface area (Å²) in [5.41, 5.74) is 0. The summed E-state index contributed by atoms with van der Waals surface area (Å²) in [6, 6.07) is -0.981. The summed E-state index contributed by atoms with van der Waals surface area (Å²) in [7, 11) is 0. The van der Waals surface area contributed by atoms with E-state index in [1.165, 1.54) is 6.42 Å². The number of carbonyl (C=O) groups is 2. The van der Waals surface area contributed by atoms with Crippen molar-refractivity contribution in [1.82, 2.24) is 10.6 Å². The molecular formula is C14H26N2O3. The molecule has 5 heteroatoms. The normalized spacial score (nSPS) is 28.5. The summed E-state index contributed by atoms with van der Waals surface area (Å²) >= 11 is 0. The van der Waals surface area contributed by atoms with Gasteiger partial charge in [-0.25, -0.2) is 9.59 Å². The van der Waals surface area contributed by atoms with Crippen LogP contribution in [-0.4, -0.2) is 29.2 Å². The van der Waals surface area contributed by atoms with Gasteiger partial charge in [0.05, 0.1) is 0 Å². The van der Waals surface area contributed by atoms with Crippen LogP contribution in [0.15, 0.2) is 0 Å². The number of rotatable bonds is 5. The highest BCUT2D eigenvalue weighted by molar-refractivity contribution is 5.82. The van der Waals surface area contributed by atoms with Gasteiger partial charge in [-0.3, -0.25) is 0 Å². The Morgan fingerprint density at radius 2 is 1.79 bits per heavy atom. The first-order chi connectivity index (χ1) is 8.92. The standard InChI is InChI=1S/C14H26N2O3/c1-4-5-12(13(17)18)16-14(19)15-11-7-9(2)6-10(3)8-11/h9-12H,4-8H2,1-3H3,(H,17,18)(H2,15,16,19)/t9?,10?,11?,12-/m0/s1. The van der Waals surface area contributed by atoms with Crippen molar-refractivity contribution in [1.29, 1.82) is 0 Å². The molecule has 110 valence electrons. The number of carbonyl (C=O) groups excluding carboxylic acids is 1. The fraction of sp³-hybridized carbons (Fsp3) is 0.857. The molecule has 3 N–H and O–H groups in total. The van der Waals surface area contributed by atoms with Crippen LogP contribution < -0.4 is 10.6 Å². The van der Waals surface area contributed by atoms with E-state index in [1.807, 2.05) is 6.92 Å². The topological polar surface area (TPSA) is 78.4 Å². The van der Waals surface area contributed by atoms with Crippen LogP contribution in [0.2, 0.25) is 0 Å². The Bertz CT molecular complexity index is 310. The fourth-order valence-corrected chi connectivity index (χ4v) is 3.00. The van der Waals surface area contributed by atoms with E-state index in [2.05, 4.69) is 24.5 Å². The Balaban J connectivity index is 2.43. The van der Waals surface area contributed by atoms with Crippen molar-refractivity contribution in [2.75, 3.05) is 0 Å². The minimum Gasteiger partial charge on any atom is -0.480 e. The number of carboxylic acids is 1. The molecule has 19 heavy (non-hydrogen) atoms. The quantitative estimate of drug-likeness (QED) is 0.717. The maximum absolute atomic E-state index is 11.8. The molecule has 2 amide bonds. The van der Waals surface area contributed by atoms with Crippen molar-refractivity contribution in [3.8, 4) is 0 Å². The lowest BCUT2D eigenvalue weighted by molar-refractivity contribution is -0.139. The first-order valence-corrected chi connectivity index (χ1v) is 7.22. The molecule has 0 heterocycles. The summed E-state index contributed by atoms with van der Waals surface area (Å²) in [6.45, 7) is 6.29. The highest BCUT2D eigenvalue weighted by Gasteiger charge is 2.26. The van der Waals surface area contributed by atoms with Gasteiger partial charge in [0, 0.05) is 6.04 Å². The van der Waals surface area contributed by atoms with Gasteiger partial charge >= 0.3 is 12.0 Å². The van der Waals surface area contributed by atoms with Crippen molar-refractivity contribution in [3.63, 3.8) is 0 Å². The van der Waals surface area contributed by atoms with Crippen molar-refractivity contribution in [3.05, 3.63) is 0 Å². The van der Waals surface area contributed by atoms with Gasteiger partial charge in [-0.1, -0.05) is 27.2 Å². The smallest absolute Gasteiger partial charge is 0.326 e. The molecule has 0 aliphatic heterocycles. The molecule has 0 aromatic carbocycles. The summed E-state index contributed by atoms with van der Waals surface area (Å²) < 4.78 is 0. The van der Waals surface area contributed by atoms with Gasteiger partial charge in [0.25, 0.3) is 0 Å². The maximum atomic E-state index is 11.8. The van der Waals surface area contributed by atoms with Crippen LogP contribution in [0.5, 0.6) is 0 Å². The molecule has 1 fully saturated rings. The average molecular weight is 270 g/mol. The highest BCUT2D eigenvalue weighted by atomic mass is 16.4. The van der Waals surface area contributed by atoms with E-state index in [4.69, 9.17) is 5.11 Å². The van der Waals surface area contributed by atoms with Gasteiger partial charge in [-0.05, 0) is 37.5 Å². The first kappa shape index (κ1) is 15.8. The molecule has 1 aliphatic rings. The van der Waals surface area contributed by atoms with Crippen molar-refractivity contribution in [2.24, 2.45) is 11.8 Å². The van der Waals surface area contributed by atoms with Crippen LogP contribution in [0, 0.1) is 11.8 Å². The third kappa shape index (κ3) is 5.49. The molecule has 1 rings (SSSR count).